The Hall–Kier alpha value is -3.20. The van der Waals surface area contributed by atoms with Gasteiger partial charge in [-0.2, -0.15) is 18.3 Å². The van der Waals surface area contributed by atoms with Crippen LogP contribution in [0, 0.1) is 6.92 Å². The molecule has 2 aliphatic rings. The van der Waals surface area contributed by atoms with Gasteiger partial charge in [0.05, 0.1) is 12.2 Å². The van der Waals surface area contributed by atoms with Crippen LogP contribution in [0.25, 0.3) is 11.1 Å². The summed E-state index contributed by atoms with van der Waals surface area (Å²) in [6.45, 7) is 7.51. The second kappa shape index (κ2) is 11.1. The van der Waals surface area contributed by atoms with Gasteiger partial charge in [0.2, 0.25) is 5.91 Å². The number of hydrogen-bond acceptors (Lipinski definition) is 4. The standard InChI is InChI=1S/C29H33ClF3N5O/c1-3-27(39)36-15-13-35(14-16-36)23-9-6-21(7-10-23)25-11-8-22(30)17-26(25)37-12-4-5-24(19-37)38-28(29(31,32)33)20(2)18-34-38/h6-11,17-18,24H,3-5,12-16,19H2,1-2H3. The minimum Gasteiger partial charge on any atom is -0.369 e. The summed E-state index contributed by atoms with van der Waals surface area (Å²) in [5, 5.41) is 4.70. The van der Waals surface area contributed by atoms with Crippen LogP contribution >= 0.6 is 11.6 Å². The molecule has 1 amide bonds. The lowest BCUT2D eigenvalue weighted by atomic mass is 9.99. The van der Waals surface area contributed by atoms with Crippen molar-refractivity contribution in [2.24, 2.45) is 0 Å². The van der Waals surface area contributed by atoms with E-state index in [2.05, 4.69) is 39.2 Å². The largest absolute Gasteiger partial charge is 0.433 e. The molecule has 0 N–H and O–H groups in total. The second-order valence-electron chi connectivity index (χ2n) is 10.3. The molecule has 10 heteroatoms. The Morgan fingerprint density at radius 2 is 1.74 bits per heavy atom. The molecule has 1 unspecified atom stereocenters. The summed E-state index contributed by atoms with van der Waals surface area (Å²) in [5.74, 6) is 0.192. The Kier molecular flexibility index (Phi) is 7.80. The van der Waals surface area contributed by atoms with Gasteiger partial charge in [-0.05, 0) is 55.2 Å². The molecule has 0 bridgehead atoms. The summed E-state index contributed by atoms with van der Waals surface area (Å²) in [5.41, 5.74) is 3.47. The molecular formula is C29H33ClF3N5O. The molecule has 39 heavy (non-hydrogen) atoms. The van der Waals surface area contributed by atoms with E-state index in [1.54, 1.807) is 0 Å². The third kappa shape index (κ3) is 5.73. The van der Waals surface area contributed by atoms with Crippen LogP contribution in [0.15, 0.2) is 48.7 Å². The zero-order chi connectivity index (χ0) is 27.7. The molecule has 208 valence electrons. The Bertz CT molecular complexity index is 1320. The number of piperidine rings is 1. The molecule has 1 atom stereocenters. The molecule has 0 spiro atoms. The first-order valence-electron chi connectivity index (χ1n) is 13.4. The van der Waals surface area contributed by atoms with Crippen LogP contribution < -0.4 is 9.80 Å². The quantitative estimate of drug-likeness (QED) is 0.361. The highest BCUT2D eigenvalue weighted by Crippen LogP contribution is 2.39. The fourth-order valence-electron chi connectivity index (χ4n) is 5.75. The number of amides is 1. The van der Waals surface area contributed by atoms with Crippen LogP contribution in [-0.2, 0) is 11.0 Å². The average Bonchev–Trinajstić information content (AvgIpc) is 3.35. The summed E-state index contributed by atoms with van der Waals surface area (Å²) < 4.78 is 42.5. The third-order valence-corrected chi connectivity index (χ3v) is 8.00. The van der Waals surface area contributed by atoms with Crippen molar-refractivity contribution in [2.45, 2.75) is 45.3 Å². The SMILES string of the molecule is CCC(=O)N1CCN(c2ccc(-c3ccc(Cl)cc3N3CCCC(n4ncc(C)c4C(F)(F)F)C3)cc2)CC1. The van der Waals surface area contributed by atoms with Gasteiger partial charge in [-0.15, -0.1) is 0 Å². The van der Waals surface area contributed by atoms with E-state index in [0.717, 1.165) is 66.3 Å². The Morgan fingerprint density at radius 1 is 1.03 bits per heavy atom. The fourth-order valence-corrected chi connectivity index (χ4v) is 5.92. The maximum atomic E-state index is 13.8. The first-order chi connectivity index (χ1) is 18.7. The van der Waals surface area contributed by atoms with E-state index in [1.165, 1.54) is 13.1 Å². The van der Waals surface area contributed by atoms with E-state index in [0.29, 0.717) is 24.4 Å². The summed E-state index contributed by atoms with van der Waals surface area (Å²) in [6, 6.07) is 13.7. The molecule has 2 saturated heterocycles. The number of benzene rings is 2. The number of carbonyl (C=O) groups excluding carboxylic acids is 1. The van der Waals surface area contributed by atoms with Crippen molar-refractivity contribution in [3.8, 4) is 11.1 Å². The number of carbonyl (C=O) groups is 1. The van der Waals surface area contributed by atoms with Crippen molar-refractivity contribution in [3.05, 3.63) is 64.9 Å². The van der Waals surface area contributed by atoms with Gasteiger partial charge >= 0.3 is 6.18 Å². The minimum atomic E-state index is -4.45. The topological polar surface area (TPSA) is 44.6 Å². The smallest absolute Gasteiger partial charge is 0.369 e. The van der Waals surface area contributed by atoms with Gasteiger partial charge in [-0.1, -0.05) is 36.7 Å². The molecule has 2 fully saturated rings. The Labute approximate surface area is 231 Å². The van der Waals surface area contributed by atoms with Gasteiger partial charge in [0.25, 0.3) is 0 Å². The van der Waals surface area contributed by atoms with Gasteiger partial charge in [-0.3, -0.25) is 9.48 Å². The Morgan fingerprint density at radius 3 is 2.41 bits per heavy atom. The lowest BCUT2D eigenvalue weighted by Crippen LogP contribution is -2.48. The van der Waals surface area contributed by atoms with E-state index < -0.39 is 17.9 Å². The number of rotatable bonds is 5. The zero-order valence-electron chi connectivity index (χ0n) is 22.2. The maximum Gasteiger partial charge on any atom is 0.433 e. The predicted octanol–water partition coefficient (Wildman–Crippen LogP) is 6.43. The lowest BCUT2D eigenvalue weighted by molar-refractivity contribution is -0.145. The molecule has 3 aromatic rings. The molecule has 2 aliphatic heterocycles. The normalized spacial score (nSPS) is 18.5. The van der Waals surface area contributed by atoms with Crippen molar-refractivity contribution < 1.29 is 18.0 Å². The summed E-state index contributed by atoms with van der Waals surface area (Å²) >= 11 is 6.41. The lowest BCUT2D eigenvalue weighted by Gasteiger charge is -2.37. The monoisotopic (exact) mass is 559 g/mol. The number of alkyl halides is 3. The summed E-state index contributed by atoms with van der Waals surface area (Å²) in [7, 11) is 0. The molecule has 3 heterocycles. The highest BCUT2D eigenvalue weighted by molar-refractivity contribution is 6.31. The van der Waals surface area contributed by atoms with E-state index in [-0.39, 0.29) is 11.5 Å². The highest BCUT2D eigenvalue weighted by atomic mass is 35.5. The first kappa shape index (κ1) is 27.4. The van der Waals surface area contributed by atoms with Crippen LogP contribution in [0.1, 0.15) is 43.5 Å². The van der Waals surface area contributed by atoms with E-state index in [4.69, 9.17) is 11.6 Å². The molecule has 1 aromatic heterocycles. The third-order valence-electron chi connectivity index (χ3n) is 7.77. The number of halogens is 4. The van der Waals surface area contributed by atoms with Crippen molar-refractivity contribution in [3.63, 3.8) is 0 Å². The van der Waals surface area contributed by atoms with Crippen LogP contribution in [0.4, 0.5) is 24.5 Å². The molecule has 0 radical (unpaired) electrons. The van der Waals surface area contributed by atoms with Crippen LogP contribution in [-0.4, -0.2) is 59.9 Å². The molecular weight excluding hydrogens is 527 g/mol. The van der Waals surface area contributed by atoms with Crippen LogP contribution in [0.3, 0.4) is 0 Å². The minimum absolute atomic E-state index is 0.140. The molecule has 0 saturated carbocycles. The average molecular weight is 560 g/mol. The van der Waals surface area contributed by atoms with Crippen molar-refractivity contribution in [1.29, 1.82) is 0 Å². The van der Waals surface area contributed by atoms with Crippen molar-refractivity contribution in [2.75, 3.05) is 49.1 Å². The number of anilines is 2. The number of piperazine rings is 1. The van der Waals surface area contributed by atoms with Crippen molar-refractivity contribution in [1.82, 2.24) is 14.7 Å². The molecule has 5 rings (SSSR count). The first-order valence-corrected chi connectivity index (χ1v) is 13.8. The second-order valence-corrected chi connectivity index (χ2v) is 10.7. The summed E-state index contributed by atoms with van der Waals surface area (Å²) in [6.07, 6.45) is -1.25. The summed E-state index contributed by atoms with van der Waals surface area (Å²) in [4.78, 5) is 18.3. The van der Waals surface area contributed by atoms with E-state index >= 15 is 0 Å². The maximum absolute atomic E-state index is 13.8. The van der Waals surface area contributed by atoms with Gasteiger partial charge < -0.3 is 14.7 Å². The van der Waals surface area contributed by atoms with E-state index in [9.17, 15) is 18.0 Å². The Balaban J connectivity index is 1.37. The van der Waals surface area contributed by atoms with Gasteiger partial charge in [-0.25, -0.2) is 0 Å². The molecule has 6 nitrogen and oxygen atoms in total. The number of aryl methyl sites for hydroxylation is 1. The van der Waals surface area contributed by atoms with Gasteiger partial charge in [0.1, 0.15) is 5.69 Å². The van der Waals surface area contributed by atoms with Crippen molar-refractivity contribution >= 4 is 28.9 Å². The van der Waals surface area contributed by atoms with Gasteiger partial charge in [0, 0.05) is 67.7 Å². The number of aromatic nitrogens is 2. The van der Waals surface area contributed by atoms with E-state index in [1.807, 2.05) is 30.0 Å². The fraction of sp³-hybridized carbons (Fsp3) is 0.448. The van der Waals surface area contributed by atoms with Crippen LogP contribution in [0.5, 0.6) is 0 Å². The van der Waals surface area contributed by atoms with Gasteiger partial charge in [0.15, 0.2) is 0 Å². The number of nitrogens with zero attached hydrogens (tertiary/aromatic N) is 5. The number of hydrogen-bond donors (Lipinski definition) is 0. The zero-order valence-corrected chi connectivity index (χ0v) is 23.0. The highest BCUT2D eigenvalue weighted by Gasteiger charge is 2.39. The van der Waals surface area contributed by atoms with Crippen LogP contribution in [0.2, 0.25) is 5.02 Å². The molecule has 0 aliphatic carbocycles. The molecule has 2 aromatic carbocycles. The predicted molar refractivity (Wildman–Crippen MR) is 148 cm³/mol.